The lowest BCUT2D eigenvalue weighted by molar-refractivity contribution is -0.386. The number of nitro benzene ring substituents is 1. The standard InChI is InChI=1S/C16H12N2O6S/c1-22-16(19)10-4-5-13(12(7-10)18(20)21)23-8-11-9-24-15(17-11)14-3-2-6-25-14/h2-7,9H,8H2,1H3. The maximum atomic E-state index is 11.5. The molecule has 0 atom stereocenters. The average molecular weight is 360 g/mol. The van der Waals surface area contributed by atoms with E-state index >= 15 is 0 Å². The highest BCUT2D eigenvalue weighted by molar-refractivity contribution is 7.13. The van der Waals surface area contributed by atoms with Crippen LogP contribution in [-0.4, -0.2) is 23.0 Å². The fourth-order valence-corrected chi connectivity index (χ4v) is 2.72. The molecule has 0 saturated carbocycles. The van der Waals surface area contributed by atoms with E-state index in [1.54, 1.807) is 0 Å². The van der Waals surface area contributed by atoms with Gasteiger partial charge in [-0.15, -0.1) is 11.3 Å². The lowest BCUT2D eigenvalue weighted by atomic mass is 10.2. The molecule has 2 heterocycles. The molecular formula is C16H12N2O6S. The van der Waals surface area contributed by atoms with Crippen LogP contribution >= 0.6 is 11.3 Å². The van der Waals surface area contributed by atoms with Crippen LogP contribution < -0.4 is 4.74 Å². The van der Waals surface area contributed by atoms with E-state index in [0.29, 0.717) is 11.6 Å². The third-order valence-electron chi connectivity index (χ3n) is 3.24. The minimum atomic E-state index is -0.660. The smallest absolute Gasteiger partial charge is 0.338 e. The Morgan fingerprint density at radius 1 is 1.40 bits per heavy atom. The van der Waals surface area contributed by atoms with Gasteiger partial charge in [0.1, 0.15) is 18.6 Å². The van der Waals surface area contributed by atoms with Gasteiger partial charge in [0, 0.05) is 6.07 Å². The minimum absolute atomic E-state index is 0.00666. The Morgan fingerprint density at radius 3 is 2.92 bits per heavy atom. The van der Waals surface area contributed by atoms with Crippen molar-refractivity contribution in [2.24, 2.45) is 0 Å². The summed E-state index contributed by atoms with van der Waals surface area (Å²) < 4.78 is 15.4. The van der Waals surface area contributed by atoms with Crippen molar-refractivity contribution in [1.29, 1.82) is 0 Å². The van der Waals surface area contributed by atoms with Crippen molar-refractivity contribution in [3.63, 3.8) is 0 Å². The zero-order chi connectivity index (χ0) is 17.8. The van der Waals surface area contributed by atoms with Crippen LogP contribution in [0.3, 0.4) is 0 Å². The second-order valence-electron chi connectivity index (χ2n) is 4.84. The summed E-state index contributed by atoms with van der Waals surface area (Å²) in [5.74, 6) is -0.172. The van der Waals surface area contributed by atoms with E-state index in [1.807, 2.05) is 17.5 Å². The van der Waals surface area contributed by atoms with Crippen LogP contribution in [0.25, 0.3) is 10.8 Å². The van der Waals surface area contributed by atoms with E-state index in [0.717, 1.165) is 10.9 Å². The molecule has 2 aromatic heterocycles. The maximum absolute atomic E-state index is 11.5. The van der Waals surface area contributed by atoms with Gasteiger partial charge in [0.15, 0.2) is 5.75 Å². The van der Waals surface area contributed by atoms with E-state index in [4.69, 9.17) is 9.15 Å². The van der Waals surface area contributed by atoms with Crippen LogP contribution in [-0.2, 0) is 11.3 Å². The molecule has 0 aliphatic carbocycles. The number of aromatic nitrogens is 1. The molecule has 0 saturated heterocycles. The van der Waals surface area contributed by atoms with E-state index in [1.165, 1.54) is 36.8 Å². The number of methoxy groups -OCH3 is 1. The summed E-state index contributed by atoms with van der Waals surface area (Å²) in [5.41, 5.74) is 0.239. The molecule has 8 nitrogen and oxygen atoms in total. The second-order valence-corrected chi connectivity index (χ2v) is 5.79. The fourth-order valence-electron chi connectivity index (χ4n) is 2.07. The summed E-state index contributed by atoms with van der Waals surface area (Å²) in [7, 11) is 1.20. The third kappa shape index (κ3) is 3.66. The number of hydrogen-bond donors (Lipinski definition) is 0. The van der Waals surface area contributed by atoms with Crippen LogP contribution in [0.5, 0.6) is 5.75 Å². The average Bonchev–Trinajstić information content (AvgIpc) is 3.30. The highest BCUT2D eigenvalue weighted by atomic mass is 32.1. The number of esters is 1. The van der Waals surface area contributed by atoms with E-state index in [-0.39, 0.29) is 23.6 Å². The summed E-state index contributed by atoms with van der Waals surface area (Å²) >= 11 is 1.49. The number of carbonyl (C=O) groups is 1. The second kappa shape index (κ2) is 7.14. The first-order chi connectivity index (χ1) is 12.1. The van der Waals surface area contributed by atoms with Gasteiger partial charge in [-0.2, -0.15) is 0 Å². The van der Waals surface area contributed by atoms with Gasteiger partial charge >= 0.3 is 11.7 Å². The molecule has 0 bridgehead atoms. The molecule has 0 amide bonds. The van der Waals surface area contributed by atoms with E-state index < -0.39 is 10.9 Å². The highest BCUT2D eigenvalue weighted by Crippen LogP contribution is 2.29. The minimum Gasteiger partial charge on any atom is -0.480 e. The molecule has 0 unspecified atom stereocenters. The van der Waals surface area contributed by atoms with Gasteiger partial charge in [-0.3, -0.25) is 10.1 Å². The number of thiophene rings is 1. The molecule has 9 heteroatoms. The molecule has 0 radical (unpaired) electrons. The SMILES string of the molecule is COC(=O)c1ccc(OCc2coc(-c3cccs3)n2)c([N+](=O)[O-])c1. The zero-order valence-corrected chi connectivity index (χ0v) is 13.8. The van der Waals surface area contributed by atoms with E-state index in [2.05, 4.69) is 9.72 Å². The molecule has 1 aromatic carbocycles. The Balaban J connectivity index is 1.76. The van der Waals surface area contributed by atoms with Gasteiger partial charge in [0.2, 0.25) is 5.89 Å². The lowest BCUT2D eigenvalue weighted by Gasteiger charge is -2.06. The van der Waals surface area contributed by atoms with Crippen molar-refractivity contribution in [2.45, 2.75) is 6.61 Å². The van der Waals surface area contributed by atoms with Crippen molar-refractivity contribution in [3.05, 3.63) is 63.3 Å². The van der Waals surface area contributed by atoms with E-state index in [9.17, 15) is 14.9 Å². The molecular weight excluding hydrogens is 348 g/mol. The third-order valence-corrected chi connectivity index (χ3v) is 4.09. The predicted molar refractivity (Wildman–Crippen MR) is 88.6 cm³/mol. The molecule has 25 heavy (non-hydrogen) atoms. The molecule has 0 aliphatic heterocycles. The first-order valence-electron chi connectivity index (χ1n) is 7.06. The Labute approximate surface area is 145 Å². The number of benzene rings is 1. The van der Waals surface area contributed by atoms with Gasteiger partial charge in [-0.05, 0) is 23.6 Å². The number of ether oxygens (including phenoxy) is 2. The number of nitrogens with zero attached hydrogens (tertiary/aromatic N) is 2. The summed E-state index contributed by atoms with van der Waals surface area (Å²) in [5, 5.41) is 13.1. The molecule has 3 rings (SSSR count). The van der Waals surface area contributed by atoms with Gasteiger partial charge in [0.05, 0.1) is 22.5 Å². The van der Waals surface area contributed by atoms with Crippen molar-refractivity contribution >= 4 is 23.0 Å². The number of rotatable bonds is 6. The summed E-state index contributed by atoms with van der Waals surface area (Å²) in [6, 6.07) is 7.61. The number of hydrogen-bond acceptors (Lipinski definition) is 8. The van der Waals surface area contributed by atoms with Crippen molar-refractivity contribution < 1.29 is 23.6 Å². The topological polar surface area (TPSA) is 105 Å². The first-order valence-corrected chi connectivity index (χ1v) is 7.94. The number of oxazole rings is 1. The molecule has 0 fully saturated rings. The van der Waals surface area contributed by atoms with Gasteiger partial charge in [-0.25, -0.2) is 9.78 Å². The summed E-state index contributed by atoms with van der Waals surface area (Å²) in [6.07, 6.45) is 1.43. The number of nitro groups is 1. The highest BCUT2D eigenvalue weighted by Gasteiger charge is 2.19. The lowest BCUT2D eigenvalue weighted by Crippen LogP contribution is -2.04. The van der Waals surface area contributed by atoms with Gasteiger partial charge < -0.3 is 13.9 Å². The quantitative estimate of drug-likeness (QED) is 0.375. The molecule has 0 spiro atoms. The Hall–Kier alpha value is -3.20. The molecule has 0 aliphatic rings. The fraction of sp³-hybridized carbons (Fsp3) is 0.125. The van der Waals surface area contributed by atoms with Crippen molar-refractivity contribution in [2.75, 3.05) is 7.11 Å². The summed E-state index contributed by atoms with van der Waals surface area (Å²) in [4.78, 5) is 27.2. The van der Waals surface area contributed by atoms with Crippen molar-refractivity contribution in [3.8, 4) is 16.5 Å². The molecule has 0 N–H and O–H groups in total. The van der Waals surface area contributed by atoms with Crippen LogP contribution in [0, 0.1) is 10.1 Å². The van der Waals surface area contributed by atoms with Gasteiger partial charge in [0.25, 0.3) is 0 Å². The molecule has 128 valence electrons. The summed E-state index contributed by atoms with van der Waals surface area (Å²) in [6.45, 7) is -0.00666. The Morgan fingerprint density at radius 2 is 2.24 bits per heavy atom. The Bertz CT molecular complexity index is 903. The first kappa shape index (κ1) is 16.7. The normalized spacial score (nSPS) is 10.4. The van der Waals surface area contributed by atoms with Crippen LogP contribution in [0.15, 0.2) is 46.4 Å². The maximum Gasteiger partial charge on any atom is 0.338 e. The molecule has 3 aromatic rings. The van der Waals surface area contributed by atoms with Crippen LogP contribution in [0.2, 0.25) is 0 Å². The monoisotopic (exact) mass is 360 g/mol. The van der Waals surface area contributed by atoms with Crippen molar-refractivity contribution in [1.82, 2.24) is 4.98 Å². The number of carbonyl (C=O) groups excluding carboxylic acids is 1. The van der Waals surface area contributed by atoms with Crippen LogP contribution in [0.1, 0.15) is 16.1 Å². The zero-order valence-electron chi connectivity index (χ0n) is 13.0. The van der Waals surface area contributed by atoms with Crippen LogP contribution in [0.4, 0.5) is 5.69 Å². The predicted octanol–water partition coefficient (Wildman–Crippen LogP) is 3.68. The largest absolute Gasteiger partial charge is 0.480 e. The van der Waals surface area contributed by atoms with Gasteiger partial charge in [-0.1, -0.05) is 6.07 Å². The Kier molecular flexibility index (Phi) is 4.75.